The summed E-state index contributed by atoms with van der Waals surface area (Å²) in [5.74, 6) is 0. The van der Waals surface area contributed by atoms with Crippen LogP contribution in [0.25, 0.3) is 65.4 Å². The summed E-state index contributed by atoms with van der Waals surface area (Å²) in [6.07, 6.45) is 0. The molecule has 0 saturated heterocycles. The molecule has 42 heavy (non-hydrogen) atoms. The van der Waals surface area contributed by atoms with Gasteiger partial charge in [0.1, 0.15) is 0 Å². The van der Waals surface area contributed by atoms with E-state index in [1.54, 1.807) is 0 Å². The highest BCUT2D eigenvalue weighted by molar-refractivity contribution is 14.1. The third-order valence-corrected chi connectivity index (χ3v) is 9.99. The standard InChI is InChI=1S/C38H26IN3/c39-42-35-21-9-11-25(23-40-31-17-5-1-13-27(31)28-14-2-6-18-32(28)40)37(35)38-26(12-10-22-36(38)42)24-41-33-19-7-3-15-29(33)30-16-4-8-20-34(30)41/h1-22H,23-24H2. The van der Waals surface area contributed by atoms with E-state index >= 15 is 0 Å². The molecule has 0 saturated carbocycles. The van der Waals surface area contributed by atoms with Gasteiger partial charge in [-0.1, -0.05) is 97.1 Å². The van der Waals surface area contributed by atoms with Gasteiger partial charge in [-0.15, -0.1) is 0 Å². The van der Waals surface area contributed by atoms with E-state index in [9.17, 15) is 0 Å². The zero-order chi connectivity index (χ0) is 27.8. The average molecular weight is 652 g/mol. The van der Waals surface area contributed by atoms with Crippen molar-refractivity contribution in [2.75, 3.05) is 0 Å². The zero-order valence-electron chi connectivity index (χ0n) is 22.8. The van der Waals surface area contributed by atoms with Gasteiger partial charge < -0.3 is 9.13 Å². The number of aromatic nitrogens is 3. The van der Waals surface area contributed by atoms with Crippen LogP contribution in [0.5, 0.6) is 0 Å². The number of rotatable bonds is 4. The van der Waals surface area contributed by atoms with Gasteiger partial charge >= 0.3 is 0 Å². The average Bonchev–Trinajstić information content (AvgIpc) is 3.65. The zero-order valence-corrected chi connectivity index (χ0v) is 25.0. The van der Waals surface area contributed by atoms with Gasteiger partial charge in [-0.3, -0.25) is 2.78 Å². The van der Waals surface area contributed by atoms with E-state index < -0.39 is 0 Å². The first kappa shape index (κ1) is 24.1. The van der Waals surface area contributed by atoms with Crippen molar-refractivity contribution in [2.45, 2.75) is 13.1 Å². The van der Waals surface area contributed by atoms with Crippen molar-refractivity contribution in [3.05, 3.63) is 145 Å². The molecule has 0 fully saturated rings. The molecule has 4 heteroatoms. The first-order valence-corrected chi connectivity index (χ1v) is 15.4. The molecule has 0 aliphatic rings. The molecule has 0 radical (unpaired) electrons. The fourth-order valence-electron chi connectivity index (χ4n) is 7.16. The molecule has 0 atom stereocenters. The Labute approximate surface area is 256 Å². The lowest BCUT2D eigenvalue weighted by Gasteiger charge is -2.12. The first-order valence-electron chi connectivity index (χ1n) is 14.4. The predicted octanol–water partition coefficient (Wildman–Crippen LogP) is 10.3. The summed E-state index contributed by atoms with van der Waals surface area (Å²) in [6.45, 7) is 1.62. The van der Waals surface area contributed by atoms with Crippen LogP contribution >= 0.6 is 22.9 Å². The van der Waals surface area contributed by atoms with Crippen molar-refractivity contribution in [3.63, 3.8) is 0 Å². The number of hydrogen-bond acceptors (Lipinski definition) is 0. The van der Waals surface area contributed by atoms with Crippen LogP contribution in [0.1, 0.15) is 11.1 Å². The summed E-state index contributed by atoms with van der Waals surface area (Å²) >= 11 is 2.48. The molecule has 0 aliphatic heterocycles. The summed E-state index contributed by atoms with van der Waals surface area (Å²) in [5, 5.41) is 7.93. The maximum atomic E-state index is 2.49. The van der Waals surface area contributed by atoms with E-state index in [0.717, 1.165) is 13.1 Å². The minimum absolute atomic E-state index is 0.810. The van der Waals surface area contributed by atoms with Crippen LogP contribution in [0, 0.1) is 0 Å². The summed E-state index contributed by atoms with van der Waals surface area (Å²) in [4.78, 5) is 0. The second-order valence-corrected chi connectivity index (χ2v) is 12.1. The van der Waals surface area contributed by atoms with Gasteiger partial charge in [0.05, 0.1) is 33.9 Å². The SMILES string of the molecule is In1c2cccc(Cn3c4ccccc4c4ccccc43)c2c2c(Cn3c4ccccc4c4ccccc43)cccc21. The Kier molecular flexibility index (Phi) is 5.29. The second kappa shape index (κ2) is 9.23. The Morgan fingerprint density at radius 2 is 0.667 bits per heavy atom. The lowest BCUT2D eigenvalue weighted by molar-refractivity contribution is 0.872. The van der Waals surface area contributed by atoms with E-state index in [1.807, 2.05) is 0 Å². The predicted molar refractivity (Wildman–Crippen MR) is 186 cm³/mol. The fraction of sp³-hybridized carbons (Fsp3) is 0.0526. The largest absolute Gasteiger partial charge is 0.336 e. The number of para-hydroxylation sites is 4. The van der Waals surface area contributed by atoms with Crippen LogP contribution in [0.2, 0.25) is 0 Å². The number of halogens is 1. The van der Waals surface area contributed by atoms with E-state index in [0.29, 0.717) is 0 Å². The van der Waals surface area contributed by atoms with Crippen LogP contribution < -0.4 is 0 Å². The van der Waals surface area contributed by atoms with E-state index in [1.165, 1.54) is 76.5 Å². The van der Waals surface area contributed by atoms with Crippen molar-refractivity contribution >= 4 is 88.3 Å². The van der Waals surface area contributed by atoms with Crippen molar-refractivity contribution in [3.8, 4) is 0 Å². The number of fused-ring (bicyclic) bond motifs is 9. The monoisotopic (exact) mass is 651 g/mol. The maximum absolute atomic E-state index is 2.49. The van der Waals surface area contributed by atoms with Gasteiger partial charge in [-0.05, 0) is 47.5 Å². The number of benzene rings is 6. The van der Waals surface area contributed by atoms with Crippen molar-refractivity contribution in [1.82, 2.24) is 11.9 Å². The molecule has 9 rings (SSSR count). The molecule has 3 heterocycles. The molecule has 3 nitrogen and oxygen atoms in total. The van der Waals surface area contributed by atoms with Gasteiger partial charge in [0, 0.05) is 67.5 Å². The molecular weight excluding hydrogens is 625 g/mol. The number of hydrogen-bond donors (Lipinski definition) is 0. The third kappa shape index (κ3) is 3.39. The highest BCUT2D eigenvalue weighted by Gasteiger charge is 2.19. The quantitative estimate of drug-likeness (QED) is 0.168. The van der Waals surface area contributed by atoms with E-state index in [2.05, 4.69) is 168 Å². The molecule has 0 N–H and O–H groups in total. The Hall–Kier alpha value is -4.55. The molecule has 0 spiro atoms. The normalized spacial score (nSPS) is 12.1. The van der Waals surface area contributed by atoms with Crippen LogP contribution in [-0.4, -0.2) is 11.9 Å². The second-order valence-electron chi connectivity index (χ2n) is 11.1. The van der Waals surface area contributed by atoms with Gasteiger partial charge in [0.15, 0.2) is 0 Å². The molecule has 200 valence electrons. The Balaban J connectivity index is 1.30. The van der Waals surface area contributed by atoms with Gasteiger partial charge in [0.25, 0.3) is 0 Å². The van der Waals surface area contributed by atoms with E-state index in [-0.39, 0.29) is 0 Å². The minimum Gasteiger partial charge on any atom is -0.336 e. The lowest BCUT2D eigenvalue weighted by atomic mass is 10.0. The van der Waals surface area contributed by atoms with Crippen molar-refractivity contribution in [2.24, 2.45) is 0 Å². The molecule has 9 aromatic rings. The smallest absolute Gasteiger partial charge is 0.0646 e. The molecule has 0 aliphatic carbocycles. The first-order chi connectivity index (χ1) is 20.8. The van der Waals surface area contributed by atoms with Gasteiger partial charge in [-0.25, -0.2) is 0 Å². The topological polar surface area (TPSA) is 14.8 Å². The summed E-state index contributed by atoms with van der Waals surface area (Å²) < 4.78 is 7.32. The summed E-state index contributed by atoms with van der Waals surface area (Å²) in [7, 11) is 0. The van der Waals surface area contributed by atoms with Crippen molar-refractivity contribution in [1.29, 1.82) is 0 Å². The van der Waals surface area contributed by atoms with Gasteiger partial charge in [-0.2, -0.15) is 0 Å². The molecular formula is C38H26IN3. The fourth-order valence-corrected chi connectivity index (χ4v) is 7.96. The van der Waals surface area contributed by atoms with E-state index in [4.69, 9.17) is 0 Å². The molecule has 0 unspecified atom stereocenters. The van der Waals surface area contributed by atoms with Crippen molar-refractivity contribution < 1.29 is 0 Å². The maximum Gasteiger partial charge on any atom is 0.0646 e. The van der Waals surface area contributed by atoms with Crippen LogP contribution in [0.15, 0.2) is 133 Å². The third-order valence-electron chi connectivity index (χ3n) is 8.95. The highest BCUT2D eigenvalue weighted by atomic mass is 127. The summed E-state index contributed by atoms with van der Waals surface area (Å²) in [6, 6.07) is 48.8. The van der Waals surface area contributed by atoms with Crippen LogP contribution in [0.3, 0.4) is 0 Å². The lowest BCUT2D eigenvalue weighted by Crippen LogP contribution is -2.02. The molecule has 0 amide bonds. The molecule has 6 aromatic carbocycles. The minimum atomic E-state index is 0.810. The Morgan fingerprint density at radius 3 is 1.02 bits per heavy atom. The highest BCUT2D eigenvalue weighted by Crippen LogP contribution is 2.39. The number of nitrogens with zero attached hydrogens (tertiary/aromatic N) is 3. The van der Waals surface area contributed by atoms with Crippen LogP contribution in [-0.2, 0) is 13.1 Å². The Bertz CT molecular complexity index is 2210. The molecule has 0 bridgehead atoms. The van der Waals surface area contributed by atoms with Crippen LogP contribution in [0.4, 0.5) is 0 Å². The van der Waals surface area contributed by atoms with Gasteiger partial charge in [0.2, 0.25) is 0 Å². The summed E-state index contributed by atoms with van der Waals surface area (Å²) in [5.41, 5.74) is 10.3. The molecule has 3 aromatic heterocycles. The Morgan fingerprint density at radius 1 is 0.357 bits per heavy atom.